The van der Waals surface area contributed by atoms with Crippen LogP contribution in [0.4, 0.5) is 4.39 Å². The normalized spacial score (nSPS) is 16.8. The molecule has 1 heterocycles. The quantitative estimate of drug-likeness (QED) is 0.832. The summed E-state index contributed by atoms with van der Waals surface area (Å²) in [6.45, 7) is 2.71. The highest BCUT2D eigenvalue weighted by atomic mass is 19.1. The second-order valence-electron chi connectivity index (χ2n) is 4.62. The minimum atomic E-state index is -0.339. The molecule has 1 aromatic carbocycles. The van der Waals surface area contributed by atoms with Gasteiger partial charge < -0.3 is 10.2 Å². The number of carbonyl (C=O) groups is 2. The SMILES string of the molecule is O=C1CCN(CCC(=O)c2ccc(F)cc2)CCN1. The minimum Gasteiger partial charge on any atom is -0.355 e. The summed E-state index contributed by atoms with van der Waals surface area (Å²) in [6, 6.07) is 5.60. The van der Waals surface area contributed by atoms with Gasteiger partial charge in [-0.2, -0.15) is 0 Å². The van der Waals surface area contributed by atoms with Crippen molar-refractivity contribution in [1.29, 1.82) is 0 Å². The van der Waals surface area contributed by atoms with E-state index in [9.17, 15) is 14.0 Å². The Morgan fingerprint density at radius 2 is 2.00 bits per heavy atom. The molecule has 5 heteroatoms. The van der Waals surface area contributed by atoms with Crippen LogP contribution in [-0.4, -0.2) is 42.8 Å². The van der Waals surface area contributed by atoms with Gasteiger partial charge in [-0.1, -0.05) is 0 Å². The highest BCUT2D eigenvalue weighted by Crippen LogP contribution is 2.07. The highest BCUT2D eigenvalue weighted by molar-refractivity contribution is 5.96. The Morgan fingerprint density at radius 3 is 2.74 bits per heavy atom. The molecule has 1 fully saturated rings. The summed E-state index contributed by atoms with van der Waals surface area (Å²) < 4.78 is 12.8. The highest BCUT2D eigenvalue weighted by Gasteiger charge is 2.14. The van der Waals surface area contributed by atoms with Gasteiger partial charge in [0.1, 0.15) is 5.82 Å². The summed E-state index contributed by atoms with van der Waals surface area (Å²) in [4.78, 5) is 25.2. The Hall–Kier alpha value is -1.75. The van der Waals surface area contributed by atoms with E-state index in [1.54, 1.807) is 0 Å². The zero-order chi connectivity index (χ0) is 13.7. The third-order valence-electron chi connectivity index (χ3n) is 3.23. The van der Waals surface area contributed by atoms with Crippen LogP contribution in [0.2, 0.25) is 0 Å². The van der Waals surface area contributed by atoms with E-state index in [4.69, 9.17) is 0 Å². The van der Waals surface area contributed by atoms with Crippen LogP contribution in [0.3, 0.4) is 0 Å². The number of hydrogen-bond acceptors (Lipinski definition) is 3. The van der Waals surface area contributed by atoms with Gasteiger partial charge in [-0.15, -0.1) is 0 Å². The second kappa shape index (κ2) is 6.43. The van der Waals surface area contributed by atoms with Crippen LogP contribution >= 0.6 is 0 Å². The Kier molecular flexibility index (Phi) is 4.63. The average Bonchev–Trinajstić information content (AvgIpc) is 2.61. The van der Waals surface area contributed by atoms with Gasteiger partial charge >= 0.3 is 0 Å². The van der Waals surface area contributed by atoms with Crippen molar-refractivity contribution < 1.29 is 14.0 Å². The van der Waals surface area contributed by atoms with Crippen molar-refractivity contribution in [2.75, 3.05) is 26.2 Å². The molecule has 1 aromatic rings. The molecular formula is C14H17FN2O2. The first-order chi connectivity index (χ1) is 9.15. The Bertz CT molecular complexity index is 459. The number of halogens is 1. The van der Waals surface area contributed by atoms with Crippen LogP contribution < -0.4 is 5.32 Å². The van der Waals surface area contributed by atoms with Crippen molar-refractivity contribution >= 4 is 11.7 Å². The summed E-state index contributed by atoms with van der Waals surface area (Å²) in [5.41, 5.74) is 0.533. The van der Waals surface area contributed by atoms with Crippen LogP contribution in [-0.2, 0) is 4.79 Å². The predicted molar refractivity (Wildman–Crippen MR) is 69.4 cm³/mol. The maximum Gasteiger partial charge on any atom is 0.221 e. The topological polar surface area (TPSA) is 49.4 Å². The number of rotatable bonds is 4. The number of amides is 1. The molecule has 1 aliphatic rings. The van der Waals surface area contributed by atoms with Gasteiger partial charge in [0, 0.05) is 44.6 Å². The molecule has 102 valence electrons. The first kappa shape index (κ1) is 13.7. The lowest BCUT2D eigenvalue weighted by molar-refractivity contribution is -0.120. The molecule has 1 saturated heterocycles. The van der Waals surface area contributed by atoms with E-state index >= 15 is 0 Å². The van der Waals surface area contributed by atoms with Gasteiger partial charge in [-0.3, -0.25) is 9.59 Å². The Balaban J connectivity index is 1.83. The molecule has 1 aliphatic heterocycles. The average molecular weight is 264 g/mol. The zero-order valence-corrected chi connectivity index (χ0v) is 10.7. The molecule has 0 bridgehead atoms. The molecule has 1 amide bonds. The van der Waals surface area contributed by atoms with Gasteiger partial charge in [0.2, 0.25) is 5.91 Å². The van der Waals surface area contributed by atoms with E-state index in [0.29, 0.717) is 38.0 Å². The number of Topliss-reactive ketones (excluding diaryl/α,β-unsaturated/α-hetero) is 1. The number of benzene rings is 1. The standard InChI is InChI=1S/C14H17FN2O2/c15-12-3-1-11(2-4-12)13(18)5-8-17-9-6-14(19)16-7-10-17/h1-4H,5-10H2,(H,16,19). The fraction of sp³-hybridized carbons (Fsp3) is 0.429. The lowest BCUT2D eigenvalue weighted by Crippen LogP contribution is -2.30. The van der Waals surface area contributed by atoms with E-state index in [1.165, 1.54) is 24.3 Å². The molecule has 0 aromatic heterocycles. The van der Waals surface area contributed by atoms with Crippen molar-refractivity contribution in [3.63, 3.8) is 0 Å². The van der Waals surface area contributed by atoms with Gasteiger partial charge in [0.05, 0.1) is 0 Å². The molecule has 2 rings (SSSR count). The van der Waals surface area contributed by atoms with Crippen LogP contribution in [0, 0.1) is 5.82 Å². The van der Waals surface area contributed by atoms with Gasteiger partial charge in [0.25, 0.3) is 0 Å². The lowest BCUT2D eigenvalue weighted by Gasteiger charge is -2.18. The predicted octanol–water partition coefficient (Wildman–Crippen LogP) is 1.22. The number of nitrogens with one attached hydrogen (secondary N) is 1. The summed E-state index contributed by atoms with van der Waals surface area (Å²) in [5, 5.41) is 2.79. The molecule has 0 unspecified atom stereocenters. The molecule has 0 spiro atoms. The third-order valence-corrected chi connectivity index (χ3v) is 3.23. The number of carbonyl (C=O) groups excluding carboxylic acids is 2. The summed E-state index contributed by atoms with van der Waals surface area (Å²) in [6.07, 6.45) is 0.866. The van der Waals surface area contributed by atoms with Gasteiger partial charge in [-0.05, 0) is 24.3 Å². The third kappa shape index (κ3) is 4.13. The minimum absolute atomic E-state index is 0.00327. The molecule has 0 saturated carbocycles. The van der Waals surface area contributed by atoms with E-state index in [1.807, 2.05) is 0 Å². The molecular weight excluding hydrogens is 247 g/mol. The van der Waals surface area contributed by atoms with Gasteiger partial charge in [-0.25, -0.2) is 4.39 Å². The second-order valence-corrected chi connectivity index (χ2v) is 4.62. The van der Waals surface area contributed by atoms with Crippen molar-refractivity contribution in [3.05, 3.63) is 35.6 Å². The Labute approximate surface area is 111 Å². The molecule has 0 atom stereocenters. The maximum absolute atomic E-state index is 12.8. The fourth-order valence-electron chi connectivity index (χ4n) is 2.08. The van der Waals surface area contributed by atoms with Crippen molar-refractivity contribution in [1.82, 2.24) is 10.2 Å². The van der Waals surface area contributed by atoms with E-state index in [-0.39, 0.29) is 17.5 Å². The summed E-state index contributed by atoms with van der Waals surface area (Å²) >= 11 is 0. The van der Waals surface area contributed by atoms with E-state index < -0.39 is 0 Å². The Morgan fingerprint density at radius 1 is 1.26 bits per heavy atom. The number of ketones is 1. The lowest BCUT2D eigenvalue weighted by atomic mass is 10.1. The van der Waals surface area contributed by atoms with Crippen molar-refractivity contribution in [3.8, 4) is 0 Å². The number of nitrogens with zero attached hydrogens (tertiary/aromatic N) is 1. The monoisotopic (exact) mass is 264 g/mol. The molecule has 19 heavy (non-hydrogen) atoms. The zero-order valence-electron chi connectivity index (χ0n) is 10.7. The molecule has 1 N–H and O–H groups in total. The molecule has 4 nitrogen and oxygen atoms in total. The fourth-order valence-corrected chi connectivity index (χ4v) is 2.08. The van der Waals surface area contributed by atoms with Crippen LogP contribution in [0.5, 0.6) is 0 Å². The molecule has 0 radical (unpaired) electrons. The molecule has 0 aliphatic carbocycles. The van der Waals surface area contributed by atoms with Crippen LogP contribution in [0.25, 0.3) is 0 Å². The van der Waals surface area contributed by atoms with Crippen LogP contribution in [0.1, 0.15) is 23.2 Å². The summed E-state index contributed by atoms with van der Waals surface area (Å²) in [7, 11) is 0. The maximum atomic E-state index is 12.8. The van der Waals surface area contributed by atoms with E-state index in [0.717, 1.165) is 6.54 Å². The van der Waals surface area contributed by atoms with Gasteiger partial charge in [0.15, 0.2) is 5.78 Å². The first-order valence-electron chi connectivity index (χ1n) is 6.43. The summed E-state index contributed by atoms with van der Waals surface area (Å²) in [5.74, 6) is -0.274. The number of hydrogen-bond donors (Lipinski definition) is 1. The van der Waals surface area contributed by atoms with Crippen LogP contribution in [0.15, 0.2) is 24.3 Å². The smallest absolute Gasteiger partial charge is 0.221 e. The van der Waals surface area contributed by atoms with E-state index in [2.05, 4.69) is 10.2 Å². The van der Waals surface area contributed by atoms with Crippen molar-refractivity contribution in [2.24, 2.45) is 0 Å². The largest absolute Gasteiger partial charge is 0.355 e. The first-order valence-corrected chi connectivity index (χ1v) is 6.43. The van der Waals surface area contributed by atoms with Crippen molar-refractivity contribution in [2.45, 2.75) is 12.8 Å².